The van der Waals surface area contributed by atoms with Crippen molar-refractivity contribution in [3.05, 3.63) is 35.4 Å². The predicted octanol–water partition coefficient (Wildman–Crippen LogP) is 3.17. The van der Waals surface area contributed by atoms with Crippen molar-refractivity contribution in [1.29, 1.82) is 0 Å². The van der Waals surface area contributed by atoms with Crippen LogP contribution in [0.3, 0.4) is 0 Å². The highest BCUT2D eigenvalue weighted by molar-refractivity contribution is 6.64. The molecule has 0 bridgehead atoms. The van der Waals surface area contributed by atoms with Crippen molar-refractivity contribution in [2.45, 2.75) is 38.8 Å². The number of benzene rings is 1. The molecule has 1 aromatic rings. The van der Waals surface area contributed by atoms with Crippen LogP contribution >= 0.6 is 11.6 Å². The molecule has 0 spiro atoms. The summed E-state index contributed by atoms with van der Waals surface area (Å²) >= 11 is 5.39. The van der Waals surface area contributed by atoms with Gasteiger partial charge in [-0.25, -0.2) is 13.6 Å². The lowest BCUT2D eigenvalue weighted by molar-refractivity contribution is -0.113. The van der Waals surface area contributed by atoms with Crippen LogP contribution in [0.4, 0.5) is 13.6 Å². The summed E-state index contributed by atoms with van der Waals surface area (Å²) in [5.74, 6) is -1.55. The molecule has 21 heavy (non-hydrogen) atoms. The number of halogens is 3. The molecule has 0 saturated carbocycles. The van der Waals surface area contributed by atoms with Gasteiger partial charge in [-0.1, -0.05) is 0 Å². The van der Waals surface area contributed by atoms with Gasteiger partial charge in [0.15, 0.2) is 0 Å². The quantitative estimate of drug-likeness (QED) is 0.867. The predicted molar refractivity (Wildman–Crippen MR) is 74.1 cm³/mol. The minimum Gasteiger partial charge on any atom is -0.444 e. The first-order valence-electron chi connectivity index (χ1n) is 6.20. The summed E-state index contributed by atoms with van der Waals surface area (Å²) in [5, 5.41) is 1.42. The number of amides is 1. The summed E-state index contributed by atoms with van der Waals surface area (Å²) in [5.41, 5.74) is -0.544. The summed E-state index contributed by atoms with van der Waals surface area (Å²) in [6.45, 7) is 4.98. The fraction of sp³-hybridized carbons (Fsp3) is 0.429. The Morgan fingerprint density at radius 3 is 2.19 bits per heavy atom. The second-order valence-corrected chi connectivity index (χ2v) is 5.86. The zero-order valence-electron chi connectivity index (χ0n) is 11.9. The largest absolute Gasteiger partial charge is 0.444 e. The van der Waals surface area contributed by atoms with Gasteiger partial charge >= 0.3 is 6.09 Å². The maximum absolute atomic E-state index is 13.1. The smallest absolute Gasteiger partial charge is 0.408 e. The van der Waals surface area contributed by atoms with Crippen molar-refractivity contribution in [1.82, 2.24) is 5.32 Å². The number of nitrogens with one attached hydrogen (secondary N) is 1. The van der Waals surface area contributed by atoms with Gasteiger partial charge in [0.2, 0.25) is 5.24 Å². The van der Waals surface area contributed by atoms with Gasteiger partial charge in [0.05, 0.1) is 0 Å². The normalized spacial score (nSPS) is 12.7. The van der Waals surface area contributed by atoms with Crippen molar-refractivity contribution in [2.75, 3.05) is 0 Å². The monoisotopic (exact) mass is 319 g/mol. The van der Waals surface area contributed by atoms with E-state index in [9.17, 15) is 18.4 Å². The fourth-order valence-electron chi connectivity index (χ4n) is 1.60. The summed E-state index contributed by atoms with van der Waals surface area (Å²) in [4.78, 5) is 22.9. The molecule has 0 heterocycles. The molecule has 0 aliphatic carbocycles. The van der Waals surface area contributed by atoms with Crippen LogP contribution in [0.2, 0.25) is 0 Å². The van der Waals surface area contributed by atoms with Crippen molar-refractivity contribution in [3.8, 4) is 0 Å². The average Bonchev–Trinajstić information content (AvgIpc) is 2.23. The number of alkyl carbamates (subject to hydrolysis) is 1. The lowest BCUT2D eigenvalue weighted by atomic mass is 10.1. The summed E-state index contributed by atoms with van der Waals surface area (Å²) < 4.78 is 31.2. The van der Waals surface area contributed by atoms with E-state index in [0.717, 1.165) is 12.1 Å². The fourth-order valence-corrected chi connectivity index (χ4v) is 1.73. The third kappa shape index (κ3) is 6.53. The number of carbonyl (C=O) groups excluding carboxylic acids is 2. The van der Waals surface area contributed by atoms with E-state index in [2.05, 4.69) is 5.32 Å². The van der Waals surface area contributed by atoms with E-state index in [4.69, 9.17) is 16.3 Å². The van der Waals surface area contributed by atoms with Crippen molar-refractivity contribution >= 4 is 22.9 Å². The molecule has 4 nitrogen and oxygen atoms in total. The first-order chi connectivity index (χ1) is 9.56. The van der Waals surface area contributed by atoms with Crippen LogP contribution in [0, 0.1) is 11.6 Å². The number of ether oxygens (including phenoxy) is 1. The molecule has 1 aromatic carbocycles. The Bertz CT molecular complexity index is 523. The van der Waals surface area contributed by atoms with Gasteiger partial charge in [-0.3, -0.25) is 4.79 Å². The van der Waals surface area contributed by atoms with Gasteiger partial charge in [-0.15, -0.1) is 0 Å². The van der Waals surface area contributed by atoms with Crippen LogP contribution in [0.5, 0.6) is 0 Å². The molecule has 0 fully saturated rings. The summed E-state index contributed by atoms with van der Waals surface area (Å²) in [6.07, 6.45) is -0.977. The number of hydrogen-bond donors (Lipinski definition) is 1. The van der Waals surface area contributed by atoms with Crippen LogP contribution in [0.15, 0.2) is 18.2 Å². The molecule has 0 unspecified atom stereocenters. The molecule has 0 saturated heterocycles. The van der Waals surface area contributed by atoms with Gasteiger partial charge in [0, 0.05) is 12.5 Å². The maximum Gasteiger partial charge on any atom is 0.408 e. The van der Waals surface area contributed by atoms with E-state index in [-0.39, 0.29) is 12.0 Å². The molecule has 0 aliphatic rings. The Labute approximate surface area is 126 Å². The van der Waals surface area contributed by atoms with Gasteiger partial charge in [0.1, 0.15) is 23.3 Å². The molecule has 1 amide bonds. The van der Waals surface area contributed by atoms with Crippen LogP contribution in [0.25, 0.3) is 0 Å². The molecule has 0 radical (unpaired) electrons. The Kier molecular flexibility index (Phi) is 5.66. The highest BCUT2D eigenvalue weighted by Gasteiger charge is 2.23. The highest BCUT2D eigenvalue weighted by Crippen LogP contribution is 2.12. The lowest BCUT2D eigenvalue weighted by Crippen LogP contribution is -2.43. The number of rotatable bonds is 4. The molecule has 0 aromatic heterocycles. The van der Waals surface area contributed by atoms with Crippen molar-refractivity contribution in [3.63, 3.8) is 0 Å². The molecule has 1 atom stereocenters. The van der Waals surface area contributed by atoms with E-state index in [1.54, 1.807) is 20.8 Å². The highest BCUT2D eigenvalue weighted by atomic mass is 35.5. The molecular weight excluding hydrogens is 304 g/mol. The van der Waals surface area contributed by atoms with Crippen LogP contribution in [-0.2, 0) is 16.0 Å². The van der Waals surface area contributed by atoms with E-state index in [1.807, 2.05) is 0 Å². The third-order valence-electron chi connectivity index (χ3n) is 2.33. The first kappa shape index (κ1) is 17.4. The van der Waals surface area contributed by atoms with Gasteiger partial charge < -0.3 is 10.1 Å². The lowest BCUT2D eigenvalue weighted by Gasteiger charge is -2.22. The molecule has 1 rings (SSSR count). The molecular formula is C14H16ClF2NO3. The SMILES string of the molecule is CC(C)(C)OC(=O)N[C@@H](Cc1cc(F)cc(F)c1)C(=O)Cl. The van der Waals surface area contributed by atoms with Crippen LogP contribution < -0.4 is 5.32 Å². The van der Waals surface area contributed by atoms with E-state index < -0.39 is 34.6 Å². The van der Waals surface area contributed by atoms with E-state index >= 15 is 0 Å². The number of hydrogen-bond acceptors (Lipinski definition) is 3. The maximum atomic E-state index is 13.1. The average molecular weight is 320 g/mol. The molecule has 116 valence electrons. The van der Waals surface area contributed by atoms with Crippen molar-refractivity contribution in [2.24, 2.45) is 0 Å². The van der Waals surface area contributed by atoms with Gasteiger partial charge in [0.25, 0.3) is 0 Å². The van der Waals surface area contributed by atoms with Crippen LogP contribution in [0.1, 0.15) is 26.3 Å². The Morgan fingerprint density at radius 1 is 1.24 bits per heavy atom. The third-order valence-corrected chi connectivity index (χ3v) is 2.59. The van der Waals surface area contributed by atoms with Gasteiger partial charge in [-0.05, 0) is 50.1 Å². The van der Waals surface area contributed by atoms with E-state index in [1.165, 1.54) is 0 Å². The Balaban J connectivity index is 2.78. The standard InChI is InChI=1S/C14H16ClF2NO3/c1-14(2,3)21-13(20)18-11(12(15)19)6-8-4-9(16)7-10(17)5-8/h4-5,7,11H,6H2,1-3H3,(H,18,20)/t11-/m0/s1. The summed E-state index contributed by atoms with van der Waals surface area (Å²) in [7, 11) is 0. The molecule has 1 N–H and O–H groups in total. The minimum atomic E-state index is -1.14. The zero-order valence-corrected chi connectivity index (χ0v) is 12.6. The van der Waals surface area contributed by atoms with Crippen LogP contribution in [-0.4, -0.2) is 23.0 Å². The number of carbonyl (C=O) groups is 2. The first-order valence-corrected chi connectivity index (χ1v) is 6.58. The van der Waals surface area contributed by atoms with Crippen molar-refractivity contribution < 1.29 is 23.1 Å². The second kappa shape index (κ2) is 6.85. The Hall–Kier alpha value is -1.69. The zero-order chi connectivity index (χ0) is 16.2. The Morgan fingerprint density at radius 2 is 1.76 bits per heavy atom. The topological polar surface area (TPSA) is 55.4 Å². The minimum absolute atomic E-state index is 0.143. The second-order valence-electron chi connectivity index (χ2n) is 5.48. The van der Waals surface area contributed by atoms with Gasteiger partial charge in [-0.2, -0.15) is 0 Å². The summed E-state index contributed by atoms with van der Waals surface area (Å²) in [6, 6.07) is 1.70. The van der Waals surface area contributed by atoms with E-state index in [0.29, 0.717) is 6.07 Å². The molecule has 0 aliphatic heterocycles. The molecule has 7 heteroatoms.